The summed E-state index contributed by atoms with van der Waals surface area (Å²) in [6, 6.07) is 13.1. The third kappa shape index (κ3) is 5.02. The monoisotopic (exact) mass is 416 g/mol. The summed E-state index contributed by atoms with van der Waals surface area (Å²) in [6.07, 6.45) is 1.68. The van der Waals surface area contributed by atoms with E-state index in [0.29, 0.717) is 24.2 Å². The summed E-state index contributed by atoms with van der Waals surface area (Å²) >= 11 is 6.11. The zero-order chi connectivity index (χ0) is 16.9. The van der Waals surface area contributed by atoms with Crippen LogP contribution < -0.4 is 15.2 Å². The second-order valence-electron chi connectivity index (χ2n) is 4.98. The van der Waals surface area contributed by atoms with Crippen molar-refractivity contribution < 1.29 is 9.47 Å². The normalized spacial score (nSPS) is 9.81. The van der Waals surface area contributed by atoms with Crippen molar-refractivity contribution in [2.75, 3.05) is 20.3 Å². The molecule has 3 aromatic rings. The molecular formula is C17H19Cl3N4O2. The lowest BCUT2D eigenvalue weighted by atomic mass is 10.1. The van der Waals surface area contributed by atoms with Crippen molar-refractivity contribution in [2.24, 2.45) is 5.73 Å². The highest BCUT2D eigenvalue weighted by Crippen LogP contribution is 2.27. The molecule has 2 N–H and O–H groups in total. The van der Waals surface area contributed by atoms with Gasteiger partial charge >= 0.3 is 0 Å². The van der Waals surface area contributed by atoms with E-state index in [1.807, 2.05) is 36.4 Å². The summed E-state index contributed by atoms with van der Waals surface area (Å²) in [6.45, 7) is 0.967. The van der Waals surface area contributed by atoms with Crippen molar-refractivity contribution in [1.82, 2.24) is 14.8 Å². The molecule has 26 heavy (non-hydrogen) atoms. The molecular weight excluding hydrogens is 399 g/mol. The van der Waals surface area contributed by atoms with Gasteiger partial charge in [-0.3, -0.25) is 0 Å². The molecule has 0 aliphatic rings. The topological polar surface area (TPSA) is 75.2 Å². The quantitative estimate of drug-likeness (QED) is 0.660. The van der Waals surface area contributed by atoms with Crippen LogP contribution in [0.2, 0.25) is 5.15 Å². The van der Waals surface area contributed by atoms with Crippen molar-refractivity contribution >= 4 is 36.4 Å². The van der Waals surface area contributed by atoms with Crippen LogP contribution in [0.25, 0.3) is 16.9 Å². The van der Waals surface area contributed by atoms with Gasteiger partial charge in [0, 0.05) is 24.2 Å². The van der Waals surface area contributed by atoms with E-state index in [4.69, 9.17) is 26.8 Å². The number of benzene rings is 1. The summed E-state index contributed by atoms with van der Waals surface area (Å²) < 4.78 is 12.3. The molecule has 140 valence electrons. The number of methoxy groups -OCH3 is 1. The highest BCUT2D eigenvalue weighted by Gasteiger charge is 2.11. The standard InChI is InChI=1S/C17H17ClN4O2.2ClH/c1-23-17-7-4-13(11-20-17)22-15(10-16(18)21-22)12-2-5-14(6-3-12)24-9-8-19;;/h2-7,10-11H,8-9,19H2,1H3;2*1H. The molecule has 1 aromatic carbocycles. The molecule has 0 saturated carbocycles. The van der Waals surface area contributed by atoms with Gasteiger partial charge < -0.3 is 15.2 Å². The number of halogens is 3. The lowest BCUT2D eigenvalue weighted by Gasteiger charge is -2.09. The second kappa shape index (κ2) is 10.2. The lowest BCUT2D eigenvalue weighted by molar-refractivity contribution is 0.328. The molecule has 2 aromatic heterocycles. The number of rotatable bonds is 6. The van der Waals surface area contributed by atoms with Crippen molar-refractivity contribution in [3.8, 4) is 28.6 Å². The number of nitrogens with two attached hydrogens (primary N) is 1. The first-order valence-corrected chi connectivity index (χ1v) is 7.78. The first-order valence-electron chi connectivity index (χ1n) is 7.40. The first-order chi connectivity index (χ1) is 11.7. The van der Waals surface area contributed by atoms with Gasteiger partial charge in [0.2, 0.25) is 5.88 Å². The highest BCUT2D eigenvalue weighted by atomic mass is 35.5. The van der Waals surface area contributed by atoms with E-state index in [0.717, 1.165) is 22.7 Å². The van der Waals surface area contributed by atoms with Crippen LogP contribution in [0.5, 0.6) is 11.6 Å². The second-order valence-corrected chi connectivity index (χ2v) is 5.37. The molecule has 0 unspecified atom stereocenters. The predicted molar refractivity (Wildman–Crippen MR) is 107 cm³/mol. The van der Waals surface area contributed by atoms with Gasteiger partial charge in [0.15, 0.2) is 5.15 Å². The molecule has 0 spiro atoms. The molecule has 6 nitrogen and oxygen atoms in total. The lowest BCUT2D eigenvalue weighted by Crippen LogP contribution is -2.10. The van der Waals surface area contributed by atoms with E-state index < -0.39 is 0 Å². The fourth-order valence-electron chi connectivity index (χ4n) is 2.27. The maximum Gasteiger partial charge on any atom is 0.213 e. The van der Waals surface area contributed by atoms with E-state index in [-0.39, 0.29) is 24.8 Å². The zero-order valence-corrected chi connectivity index (χ0v) is 16.4. The molecule has 0 saturated heterocycles. The van der Waals surface area contributed by atoms with Gasteiger partial charge in [0.1, 0.15) is 12.4 Å². The number of ether oxygens (including phenoxy) is 2. The Labute approximate surface area is 169 Å². The number of hydrogen-bond acceptors (Lipinski definition) is 5. The minimum Gasteiger partial charge on any atom is -0.492 e. The molecule has 9 heteroatoms. The summed E-state index contributed by atoms with van der Waals surface area (Å²) in [5.74, 6) is 1.31. The van der Waals surface area contributed by atoms with E-state index in [1.165, 1.54) is 0 Å². The Balaban J connectivity index is 0.00000169. The van der Waals surface area contributed by atoms with E-state index in [1.54, 1.807) is 24.1 Å². The number of aromatic nitrogens is 3. The number of nitrogens with zero attached hydrogens (tertiary/aromatic N) is 3. The number of pyridine rings is 1. The van der Waals surface area contributed by atoms with Gasteiger partial charge in [-0.2, -0.15) is 5.10 Å². The third-order valence-corrected chi connectivity index (χ3v) is 3.58. The fraction of sp³-hybridized carbons (Fsp3) is 0.176. The van der Waals surface area contributed by atoms with Crippen molar-refractivity contribution in [1.29, 1.82) is 0 Å². The van der Waals surface area contributed by atoms with Crippen molar-refractivity contribution in [2.45, 2.75) is 0 Å². The van der Waals surface area contributed by atoms with Gasteiger partial charge in [-0.15, -0.1) is 24.8 Å². The minimum atomic E-state index is 0. The Hall–Kier alpha value is -1.99. The van der Waals surface area contributed by atoms with Crippen LogP contribution in [0.4, 0.5) is 0 Å². The Morgan fingerprint density at radius 2 is 1.85 bits per heavy atom. The van der Waals surface area contributed by atoms with Crippen LogP contribution in [-0.2, 0) is 0 Å². The van der Waals surface area contributed by atoms with Gasteiger partial charge in [0.25, 0.3) is 0 Å². The van der Waals surface area contributed by atoms with Crippen molar-refractivity contribution in [3.63, 3.8) is 0 Å². The molecule has 3 rings (SSSR count). The maximum atomic E-state index is 6.11. The van der Waals surface area contributed by atoms with E-state index >= 15 is 0 Å². The summed E-state index contributed by atoms with van der Waals surface area (Å²) in [4.78, 5) is 4.21. The van der Waals surface area contributed by atoms with Gasteiger partial charge in [-0.05, 0) is 30.3 Å². The molecule has 0 fully saturated rings. The molecule has 0 amide bonds. The predicted octanol–water partition coefficient (Wildman–Crippen LogP) is 3.78. The molecule has 0 aliphatic carbocycles. The average molecular weight is 418 g/mol. The van der Waals surface area contributed by atoms with Crippen LogP contribution >= 0.6 is 36.4 Å². The zero-order valence-electron chi connectivity index (χ0n) is 14.0. The summed E-state index contributed by atoms with van der Waals surface area (Å²) in [5.41, 5.74) is 8.05. The van der Waals surface area contributed by atoms with E-state index in [2.05, 4.69) is 10.1 Å². The highest BCUT2D eigenvalue weighted by molar-refractivity contribution is 6.29. The van der Waals surface area contributed by atoms with Crippen LogP contribution in [0, 0.1) is 0 Å². The smallest absolute Gasteiger partial charge is 0.213 e. The van der Waals surface area contributed by atoms with Crippen LogP contribution in [0.15, 0.2) is 48.7 Å². The number of hydrogen-bond donors (Lipinski definition) is 1. The van der Waals surface area contributed by atoms with Crippen LogP contribution in [0.1, 0.15) is 0 Å². The summed E-state index contributed by atoms with van der Waals surface area (Å²) in [7, 11) is 1.58. The molecule has 0 aliphatic heterocycles. The molecule has 2 heterocycles. The Morgan fingerprint density at radius 1 is 1.12 bits per heavy atom. The molecule has 0 atom stereocenters. The summed E-state index contributed by atoms with van der Waals surface area (Å²) in [5, 5.41) is 4.75. The van der Waals surface area contributed by atoms with E-state index in [9.17, 15) is 0 Å². The maximum absolute atomic E-state index is 6.11. The SMILES string of the molecule is COc1ccc(-n2nc(Cl)cc2-c2ccc(OCCN)cc2)cn1.Cl.Cl. The van der Waals surface area contributed by atoms with Crippen molar-refractivity contribution in [3.05, 3.63) is 53.8 Å². The van der Waals surface area contributed by atoms with Crippen LogP contribution in [-0.4, -0.2) is 35.0 Å². The molecule has 0 bridgehead atoms. The molecule has 0 radical (unpaired) electrons. The Bertz CT molecular complexity index is 808. The minimum absolute atomic E-state index is 0. The van der Waals surface area contributed by atoms with Gasteiger partial charge in [-0.1, -0.05) is 11.6 Å². The first kappa shape index (κ1) is 22.1. The van der Waals surface area contributed by atoms with Crippen LogP contribution in [0.3, 0.4) is 0 Å². The van der Waals surface area contributed by atoms with Gasteiger partial charge in [0.05, 0.1) is 24.7 Å². The Morgan fingerprint density at radius 3 is 2.42 bits per heavy atom. The van der Waals surface area contributed by atoms with Gasteiger partial charge in [-0.25, -0.2) is 9.67 Å². The largest absolute Gasteiger partial charge is 0.492 e. The Kier molecular flexibility index (Phi) is 8.68. The third-order valence-electron chi connectivity index (χ3n) is 3.39. The average Bonchev–Trinajstić information content (AvgIpc) is 3.02. The fourth-order valence-corrected chi connectivity index (χ4v) is 2.45.